The maximum absolute atomic E-state index is 12.8. The molecule has 8 nitrogen and oxygen atoms in total. The van der Waals surface area contributed by atoms with Crippen LogP contribution >= 0.6 is 0 Å². The third-order valence-electron chi connectivity index (χ3n) is 5.49. The first-order valence-electron chi connectivity index (χ1n) is 11.4. The van der Waals surface area contributed by atoms with Crippen molar-refractivity contribution in [3.63, 3.8) is 0 Å². The van der Waals surface area contributed by atoms with Gasteiger partial charge in [0.25, 0.3) is 15.9 Å². The number of benzene rings is 3. The normalized spacial score (nSPS) is 12.4. The minimum atomic E-state index is -3.89. The van der Waals surface area contributed by atoms with Gasteiger partial charge in [0, 0.05) is 11.8 Å². The molecule has 0 saturated heterocycles. The van der Waals surface area contributed by atoms with Crippen molar-refractivity contribution in [2.45, 2.75) is 44.1 Å². The maximum Gasteiger partial charge on any atom is 0.265 e. The number of carbonyl (C=O) groups is 1. The second-order valence-electron chi connectivity index (χ2n) is 9.22. The first kappa shape index (κ1) is 26.9. The summed E-state index contributed by atoms with van der Waals surface area (Å²) < 4.78 is 44.4. The van der Waals surface area contributed by atoms with Crippen molar-refractivity contribution in [2.75, 3.05) is 24.3 Å². The van der Waals surface area contributed by atoms with Crippen LogP contribution in [-0.4, -0.2) is 34.6 Å². The van der Waals surface area contributed by atoms with Gasteiger partial charge in [-0.3, -0.25) is 9.52 Å². The quantitative estimate of drug-likeness (QED) is 0.408. The molecule has 0 saturated carbocycles. The highest BCUT2D eigenvalue weighted by atomic mass is 32.2. The number of anilines is 2. The molecule has 1 amide bonds. The average molecular weight is 513 g/mol. The molecule has 0 aliphatic rings. The van der Waals surface area contributed by atoms with Gasteiger partial charge in [-0.1, -0.05) is 32.9 Å². The van der Waals surface area contributed by atoms with Crippen LogP contribution in [0, 0.1) is 0 Å². The highest BCUT2D eigenvalue weighted by Crippen LogP contribution is 2.31. The van der Waals surface area contributed by atoms with E-state index in [0.29, 0.717) is 22.9 Å². The van der Waals surface area contributed by atoms with Crippen LogP contribution in [0.25, 0.3) is 0 Å². The fourth-order valence-corrected chi connectivity index (χ4v) is 4.41. The number of nitrogens with one attached hydrogen (secondary N) is 2. The number of methoxy groups -OCH3 is 2. The summed E-state index contributed by atoms with van der Waals surface area (Å²) in [6.45, 7) is 8.03. The molecule has 0 fully saturated rings. The Labute approximate surface area is 212 Å². The van der Waals surface area contributed by atoms with E-state index in [-0.39, 0.29) is 21.9 Å². The predicted octanol–water partition coefficient (Wildman–Crippen LogP) is 5.21. The highest BCUT2D eigenvalue weighted by Gasteiger charge is 2.19. The average Bonchev–Trinajstić information content (AvgIpc) is 2.84. The summed E-state index contributed by atoms with van der Waals surface area (Å²) in [6, 6.07) is 18.3. The summed E-state index contributed by atoms with van der Waals surface area (Å²) in [5, 5.41) is 2.74. The molecule has 1 atom stereocenters. The largest absolute Gasteiger partial charge is 0.497 e. The van der Waals surface area contributed by atoms with Crippen LogP contribution in [0.5, 0.6) is 17.2 Å². The first-order chi connectivity index (χ1) is 16.9. The van der Waals surface area contributed by atoms with Crippen molar-refractivity contribution in [1.82, 2.24) is 0 Å². The van der Waals surface area contributed by atoms with Gasteiger partial charge in [-0.25, -0.2) is 8.42 Å². The Bertz CT molecular complexity index is 1300. The summed E-state index contributed by atoms with van der Waals surface area (Å²) in [5.74, 6) is 1.09. The van der Waals surface area contributed by atoms with E-state index in [9.17, 15) is 13.2 Å². The van der Waals surface area contributed by atoms with E-state index in [0.717, 1.165) is 0 Å². The molecule has 2 N–H and O–H groups in total. The highest BCUT2D eigenvalue weighted by molar-refractivity contribution is 7.92. The molecule has 0 aliphatic carbocycles. The molecule has 3 aromatic rings. The van der Waals surface area contributed by atoms with E-state index in [1.165, 1.54) is 44.0 Å². The maximum atomic E-state index is 12.8. The van der Waals surface area contributed by atoms with E-state index >= 15 is 0 Å². The van der Waals surface area contributed by atoms with E-state index in [4.69, 9.17) is 14.2 Å². The summed E-state index contributed by atoms with van der Waals surface area (Å²) in [7, 11) is -0.940. The Hall–Kier alpha value is -3.72. The van der Waals surface area contributed by atoms with Crippen molar-refractivity contribution in [2.24, 2.45) is 0 Å². The number of hydrogen-bond donors (Lipinski definition) is 2. The molecule has 36 heavy (non-hydrogen) atoms. The molecule has 0 spiro atoms. The van der Waals surface area contributed by atoms with Crippen LogP contribution in [0.4, 0.5) is 11.4 Å². The standard InChI is InChI=1S/C27H32N2O6S/c1-18(35-21-11-7-19(8-12-21)27(2,3)4)26(30)28-20-9-14-23(15-10-20)36(31,32)29-24-16-13-22(33-5)17-25(24)34-6/h7-18,29H,1-6H3,(H,28,30)/t18-/m0/s1. The SMILES string of the molecule is COc1ccc(NS(=O)(=O)c2ccc(NC(=O)[C@H](C)Oc3ccc(C(C)(C)C)cc3)cc2)c(OC)c1. The zero-order chi connectivity index (χ0) is 26.5. The van der Waals surface area contributed by atoms with Gasteiger partial charge in [-0.05, 0) is 66.4 Å². The van der Waals surface area contributed by atoms with Crippen LogP contribution in [0.2, 0.25) is 0 Å². The zero-order valence-electron chi connectivity index (χ0n) is 21.3. The van der Waals surface area contributed by atoms with Crippen LogP contribution in [0.15, 0.2) is 71.6 Å². The van der Waals surface area contributed by atoms with Crippen LogP contribution in [0.1, 0.15) is 33.3 Å². The Balaban J connectivity index is 1.64. The molecule has 9 heteroatoms. The lowest BCUT2D eigenvalue weighted by Gasteiger charge is -2.20. The van der Waals surface area contributed by atoms with Crippen LogP contribution in [0.3, 0.4) is 0 Å². The Kier molecular flexibility index (Phi) is 8.14. The summed E-state index contributed by atoms with van der Waals surface area (Å²) in [4.78, 5) is 12.6. The summed E-state index contributed by atoms with van der Waals surface area (Å²) >= 11 is 0. The van der Waals surface area contributed by atoms with Gasteiger partial charge in [-0.2, -0.15) is 0 Å². The third kappa shape index (κ3) is 6.69. The van der Waals surface area contributed by atoms with E-state index in [1.54, 1.807) is 25.1 Å². The molecule has 0 bridgehead atoms. The van der Waals surface area contributed by atoms with Gasteiger partial charge >= 0.3 is 0 Å². The van der Waals surface area contributed by atoms with E-state index in [1.807, 2.05) is 24.3 Å². The molecule has 3 rings (SSSR count). The van der Waals surface area contributed by atoms with Crippen molar-refractivity contribution in [3.05, 3.63) is 72.3 Å². The first-order valence-corrected chi connectivity index (χ1v) is 12.8. The number of ether oxygens (including phenoxy) is 3. The smallest absolute Gasteiger partial charge is 0.265 e. The van der Waals surface area contributed by atoms with Crippen molar-refractivity contribution >= 4 is 27.3 Å². The topological polar surface area (TPSA) is 103 Å². The second-order valence-corrected chi connectivity index (χ2v) is 10.9. The minimum Gasteiger partial charge on any atom is -0.497 e. The summed E-state index contributed by atoms with van der Waals surface area (Å²) in [6.07, 6.45) is -0.752. The fraction of sp³-hybridized carbons (Fsp3) is 0.296. The van der Waals surface area contributed by atoms with Crippen LogP contribution < -0.4 is 24.2 Å². The lowest BCUT2D eigenvalue weighted by atomic mass is 9.87. The molecule has 192 valence electrons. The predicted molar refractivity (Wildman–Crippen MR) is 141 cm³/mol. The second kappa shape index (κ2) is 10.9. The van der Waals surface area contributed by atoms with Gasteiger partial charge in [0.1, 0.15) is 17.2 Å². The lowest BCUT2D eigenvalue weighted by molar-refractivity contribution is -0.122. The Morgan fingerprint density at radius 2 is 1.47 bits per heavy atom. The monoisotopic (exact) mass is 512 g/mol. The van der Waals surface area contributed by atoms with Crippen molar-refractivity contribution in [3.8, 4) is 17.2 Å². The van der Waals surface area contributed by atoms with Crippen LogP contribution in [-0.2, 0) is 20.2 Å². The molecule has 0 radical (unpaired) electrons. The van der Waals surface area contributed by atoms with Crippen molar-refractivity contribution < 1.29 is 27.4 Å². The van der Waals surface area contributed by atoms with E-state index in [2.05, 4.69) is 30.8 Å². The molecule has 0 heterocycles. The van der Waals surface area contributed by atoms with Gasteiger partial charge in [0.15, 0.2) is 6.10 Å². The Morgan fingerprint density at radius 1 is 0.861 bits per heavy atom. The molecule has 0 unspecified atom stereocenters. The molecular weight excluding hydrogens is 480 g/mol. The number of hydrogen-bond acceptors (Lipinski definition) is 6. The molecule has 0 aliphatic heterocycles. The Morgan fingerprint density at radius 3 is 2.03 bits per heavy atom. The number of sulfonamides is 1. The number of rotatable bonds is 9. The van der Waals surface area contributed by atoms with Gasteiger partial charge in [0.2, 0.25) is 0 Å². The molecule has 3 aromatic carbocycles. The number of carbonyl (C=O) groups excluding carboxylic acids is 1. The van der Waals surface area contributed by atoms with E-state index < -0.39 is 16.1 Å². The minimum absolute atomic E-state index is 0.0252. The number of amides is 1. The fourth-order valence-electron chi connectivity index (χ4n) is 3.34. The van der Waals surface area contributed by atoms with Crippen molar-refractivity contribution in [1.29, 1.82) is 0 Å². The van der Waals surface area contributed by atoms with Gasteiger partial charge in [0.05, 0.1) is 24.8 Å². The molecular formula is C27H32N2O6S. The van der Waals surface area contributed by atoms with Gasteiger partial charge < -0.3 is 19.5 Å². The third-order valence-corrected chi connectivity index (χ3v) is 6.87. The molecule has 0 aromatic heterocycles. The van der Waals surface area contributed by atoms with Gasteiger partial charge in [-0.15, -0.1) is 0 Å². The lowest BCUT2D eigenvalue weighted by Crippen LogP contribution is -2.30. The summed E-state index contributed by atoms with van der Waals surface area (Å²) in [5.41, 5.74) is 1.91. The zero-order valence-corrected chi connectivity index (χ0v) is 22.1.